The summed E-state index contributed by atoms with van der Waals surface area (Å²) in [6, 6.07) is 9.63. The molecular weight excluding hydrogens is 445 g/mol. The molecule has 0 unspecified atom stereocenters. The molecule has 0 aliphatic heterocycles. The zero-order chi connectivity index (χ0) is 23.5. The first-order chi connectivity index (χ1) is 15.0. The first-order valence-corrected chi connectivity index (χ1v) is 11.8. The maximum Gasteiger partial charge on any atom is 0.407 e. The maximum atomic E-state index is 12.6. The number of amides is 1. The molecule has 0 bridgehead atoms. The lowest BCUT2D eigenvalue weighted by Crippen LogP contribution is -2.43. The second kappa shape index (κ2) is 9.40. The predicted molar refractivity (Wildman–Crippen MR) is 114 cm³/mol. The minimum Gasteiger partial charge on any atom is -0.465 e. The number of sulfonamides is 1. The number of alkyl halides is 3. The van der Waals surface area contributed by atoms with Crippen LogP contribution in [0.3, 0.4) is 0 Å². The number of carbonyl (C=O) groups is 1. The molecule has 10 heteroatoms. The van der Waals surface area contributed by atoms with Crippen molar-refractivity contribution >= 4 is 21.8 Å². The Balaban J connectivity index is 1.72. The zero-order valence-electron chi connectivity index (χ0n) is 17.5. The van der Waals surface area contributed by atoms with E-state index in [9.17, 15) is 31.5 Å². The Morgan fingerprint density at radius 1 is 1.16 bits per heavy atom. The number of aryl methyl sites for hydroxylation is 1. The molecule has 0 saturated heterocycles. The molecule has 32 heavy (non-hydrogen) atoms. The summed E-state index contributed by atoms with van der Waals surface area (Å²) in [7, 11) is -3.96. The highest BCUT2D eigenvalue weighted by Crippen LogP contribution is 2.29. The van der Waals surface area contributed by atoms with E-state index in [-0.39, 0.29) is 16.5 Å². The molecule has 0 radical (unpaired) electrons. The summed E-state index contributed by atoms with van der Waals surface area (Å²) < 4.78 is 65.2. The van der Waals surface area contributed by atoms with Crippen molar-refractivity contribution in [1.82, 2.24) is 4.90 Å². The number of hydrogen-bond acceptors (Lipinski definition) is 3. The van der Waals surface area contributed by atoms with Crippen LogP contribution in [0.1, 0.15) is 36.5 Å². The van der Waals surface area contributed by atoms with Gasteiger partial charge in [0.1, 0.15) is 0 Å². The van der Waals surface area contributed by atoms with Crippen molar-refractivity contribution in [2.75, 3.05) is 11.3 Å². The van der Waals surface area contributed by atoms with Crippen molar-refractivity contribution in [3.63, 3.8) is 0 Å². The van der Waals surface area contributed by atoms with Crippen molar-refractivity contribution in [2.45, 2.75) is 56.1 Å². The molecule has 1 aliphatic carbocycles. The average Bonchev–Trinajstić information content (AvgIpc) is 2.70. The van der Waals surface area contributed by atoms with Gasteiger partial charge in [0, 0.05) is 18.3 Å². The molecule has 1 atom stereocenters. The van der Waals surface area contributed by atoms with Gasteiger partial charge in [0.05, 0.1) is 11.3 Å². The van der Waals surface area contributed by atoms with Gasteiger partial charge in [0.2, 0.25) is 0 Å². The molecule has 174 valence electrons. The Hall–Kier alpha value is -2.75. The van der Waals surface area contributed by atoms with Crippen LogP contribution >= 0.6 is 0 Å². The normalized spacial score (nSPS) is 16.3. The molecule has 0 aromatic heterocycles. The minimum atomic E-state index is -4.36. The molecule has 3 rings (SSSR count). The van der Waals surface area contributed by atoms with Crippen LogP contribution < -0.4 is 4.72 Å². The summed E-state index contributed by atoms with van der Waals surface area (Å²) >= 11 is 0. The highest BCUT2D eigenvalue weighted by Gasteiger charge is 2.29. The van der Waals surface area contributed by atoms with Crippen LogP contribution in [-0.2, 0) is 29.3 Å². The fraction of sp³-hybridized carbons (Fsp3) is 0.409. The molecule has 0 heterocycles. The van der Waals surface area contributed by atoms with E-state index in [0.717, 1.165) is 41.8 Å². The van der Waals surface area contributed by atoms with Gasteiger partial charge >= 0.3 is 12.3 Å². The van der Waals surface area contributed by atoms with Gasteiger partial charge in [-0.25, -0.2) is 13.2 Å². The number of anilines is 1. The van der Waals surface area contributed by atoms with Gasteiger partial charge in [-0.2, -0.15) is 13.2 Å². The summed E-state index contributed by atoms with van der Waals surface area (Å²) in [4.78, 5) is 12.9. The van der Waals surface area contributed by atoms with Crippen molar-refractivity contribution in [3.8, 4) is 0 Å². The predicted octanol–water partition coefficient (Wildman–Crippen LogP) is 4.84. The summed E-state index contributed by atoms with van der Waals surface area (Å²) in [5, 5.41) is 9.45. The number of rotatable bonds is 7. The lowest BCUT2D eigenvalue weighted by atomic mass is 9.87. The monoisotopic (exact) mass is 470 g/mol. The van der Waals surface area contributed by atoms with Crippen LogP contribution in [0.2, 0.25) is 0 Å². The fourth-order valence-corrected chi connectivity index (χ4v) is 5.02. The van der Waals surface area contributed by atoms with Crippen LogP contribution in [0, 0.1) is 0 Å². The lowest BCUT2D eigenvalue weighted by molar-refractivity contribution is -0.127. The number of hydrogen-bond donors (Lipinski definition) is 2. The van der Waals surface area contributed by atoms with Crippen molar-refractivity contribution < 1.29 is 31.5 Å². The molecule has 0 spiro atoms. The Kier molecular flexibility index (Phi) is 7.02. The van der Waals surface area contributed by atoms with Gasteiger partial charge < -0.3 is 10.0 Å². The van der Waals surface area contributed by atoms with Gasteiger partial charge in [-0.3, -0.25) is 4.72 Å². The SMILES string of the molecule is CCCN(C(=O)O)[C@H]1CCc2cc(NS(=O)(=O)c3ccc(CC(F)(F)F)cc3)ccc2C1. The van der Waals surface area contributed by atoms with Gasteiger partial charge in [-0.1, -0.05) is 25.1 Å². The molecule has 6 nitrogen and oxygen atoms in total. The Bertz CT molecular complexity index is 1070. The zero-order valence-corrected chi connectivity index (χ0v) is 18.3. The van der Waals surface area contributed by atoms with E-state index in [1.54, 1.807) is 18.2 Å². The molecular formula is C22H25F3N2O4S. The summed E-state index contributed by atoms with van der Waals surface area (Å²) in [6.45, 7) is 2.39. The highest BCUT2D eigenvalue weighted by atomic mass is 32.2. The molecule has 0 saturated carbocycles. The maximum absolute atomic E-state index is 12.6. The molecule has 1 amide bonds. The van der Waals surface area contributed by atoms with E-state index in [0.29, 0.717) is 31.5 Å². The standard InChI is InChI=1S/C22H25F3N2O4S/c1-2-11-27(21(28)29)19-8-6-16-12-18(7-5-17(16)13-19)26-32(30,31)20-9-3-15(4-10-20)14-22(23,24)25/h3-5,7,9-10,12,19,26H,2,6,8,11,13-14H2,1H3,(H,28,29)/t19-/m0/s1. The third-order valence-electron chi connectivity index (χ3n) is 5.45. The van der Waals surface area contributed by atoms with E-state index in [1.807, 2.05) is 6.92 Å². The first kappa shape index (κ1) is 23.9. The summed E-state index contributed by atoms with van der Waals surface area (Å²) in [5.41, 5.74) is 2.26. The van der Waals surface area contributed by atoms with Crippen LogP contribution in [0.5, 0.6) is 0 Å². The summed E-state index contributed by atoms with van der Waals surface area (Å²) in [5.74, 6) is 0. The topological polar surface area (TPSA) is 86.7 Å². The Labute approximate surface area is 185 Å². The smallest absolute Gasteiger partial charge is 0.407 e. The molecule has 0 fully saturated rings. The number of benzene rings is 2. The van der Waals surface area contributed by atoms with Gasteiger partial charge in [0.25, 0.3) is 10.0 Å². The van der Waals surface area contributed by atoms with E-state index in [2.05, 4.69) is 4.72 Å². The number of nitrogens with one attached hydrogen (secondary N) is 1. The van der Waals surface area contributed by atoms with E-state index < -0.39 is 28.7 Å². The van der Waals surface area contributed by atoms with Crippen molar-refractivity contribution in [2.24, 2.45) is 0 Å². The first-order valence-electron chi connectivity index (χ1n) is 10.3. The largest absolute Gasteiger partial charge is 0.465 e. The number of fused-ring (bicyclic) bond motifs is 1. The molecule has 1 aliphatic rings. The van der Waals surface area contributed by atoms with E-state index in [1.165, 1.54) is 4.90 Å². The van der Waals surface area contributed by atoms with E-state index >= 15 is 0 Å². The molecule has 2 N–H and O–H groups in total. The quantitative estimate of drug-likeness (QED) is 0.606. The van der Waals surface area contributed by atoms with Crippen LogP contribution in [0.25, 0.3) is 0 Å². The number of carboxylic acid groups (broad SMARTS) is 1. The number of halogens is 3. The van der Waals surface area contributed by atoms with Gasteiger partial charge in [-0.15, -0.1) is 0 Å². The van der Waals surface area contributed by atoms with Crippen LogP contribution in [-0.4, -0.2) is 43.3 Å². The average molecular weight is 471 g/mol. The van der Waals surface area contributed by atoms with Gasteiger partial charge in [-0.05, 0) is 66.6 Å². The third-order valence-corrected chi connectivity index (χ3v) is 6.85. The van der Waals surface area contributed by atoms with Gasteiger partial charge in [0.15, 0.2) is 0 Å². The van der Waals surface area contributed by atoms with Crippen molar-refractivity contribution in [1.29, 1.82) is 0 Å². The highest BCUT2D eigenvalue weighted by molar-refractivity contribution is 7.92. The van der Waals surface area contributed by atoms with Crippen LogP contribution in [0.15, 0.2) is 47.4 Å². The minimum absolute atomic E-state index is 0.0155. The Morgan fingerprint density at radius 2 is 1.84 bits per heavy atom. The molecule has 2 aromatic rings. The van der Waals surface area contributed by atoms with E-state index in [4.69, 9.17) is 0 Å². The number of nitrogens with zero attached hydrogens (tertiary/aromatic N) is 1. The second-order valence-electron chi connectivity index (χ2n) is 7.90. The van der Waals surface area contributed by atoms with Crippen LogP contribution in [0.4, 0.5) is 23.7 Å². The Morgan fingerprint density at radius 3 is 2.44 bits per heavy atom. The second-order valence-corrected chi connectivity index (χ2v) is 9.58. The summed E-state index contributed by atoms with van der Waals surface area (Å²) in [6.07, 6.45) is -3.86. The third kappa shape index (κ3) is 5.93. The fourth-order valence-electron chi connectivity index (χ4n) is 3.97. The molecule has 2 aromatic carbocycles. The van der Waals surface area contributed by atoms with Crippen molar-refractivity contribution in [3.05, 3.63) is 59.2 Å². The lowest BCUT2D eigenvalue weighted by Gasteiger charge is -2.33.